The van der Waals surface area contributed by atoms with E-state index in [0.29, 0.717) is 0 Å². The average Bonchev–Trinajstić information content (AvgIpc) is 3.11. The minimum atomic E-state index is -0.145. The molecule has 3 aromatic rings. The van der Waals surface area contributed by atoms with Gasteiger partial charge >= 0.3 is 43.0 Å². The van der Waals surface area contributed by atoms with Crippen molar-refractivity contribution < 1.29 is 18.5 Å². The fourth-order valence-electron chi connectivity index (χ4n) is 3.40. The number of benzene rings is 2. The monoisotopic (exact) mass is 548 g/mol. The molecule has 4 rings (SSSR count). The molecule has 26 heavy (non-hydrogen) atoms. The van der Waals surface area contributed by atoms with E-state index in [4.69, 9.17) is 0 Å². The molecule has 0 aliphatic heterocycles. The van der Waals surface area contributed by atoms with E-state index >= 15 is 0 Å². The van der Waals surface area contributed by atoms with Crippen LogP contribution in [0.1, 0.15) is 38.9 Å². The van der Waals surface area contributed by atoms with Crippen LogP contribution >= 0.6 is 24.4 Å². The van der Waals surface area contributed by atoms with E-state index in [0.717, 1.165) is 6.42 Å². The third-order valence-corrected chi connectivity index (χ3v) is 5.43. The Morgan fingerprint density at radius 2 is 1.42 bits per heavy atom. The van der Waals surface area contributed by atoms with Crippen LogP contribution in [0.5, 0.6) is 0 Å². The maximum atomic E-state index is 3.30. The minimum Gasteiger partial charge on any atom is -0.179 e. The summed E-state index contributed by atoms with van der Waals surface area (Å²) in [6, 6.07) is 18.1. The number of hydrogen-bond acceptors (Lipinski definition) is 0. The van der Waals surface area contributed by atoms with E-state index in [9.17, 15) is 0 Å². The first-order valence-electron chi connectivity index (χ1n) is 8.66. The SMILES string of the molecule is Cc1c(C)c(C)[c-](C)c1C.[Br][Zr+2][Br].[c-]1cccc2c1Cc1ccccc1-2. The minimum absolute atomic E-state index is 0.145. The van der Waals surface area contributed by atoms with E-state index in [-0.39, 0.29) is 18.5 Å². The second kappa shape index (κ2) is 10.3. The molecular formula is C23H24Br2Zr. The van der Waals surface area contributed by atoms with Crippen molar-refractivity contribution in [1.29, 1.82) is 0 Å². The molecule has 134 valence electrons. The Kier molecular flexibility index (Phi) is 8.65. The second-order valence-electron chi connectivity index (χ2n) is 6.59. The second-order valence-corrected chi connectivity index (χ2v) is 17.9. The van der Waals surface area contributed by atoms with Crippen molar-refractivity contribution in [3.05, 3.63) is 87.5 Å². The van der Waals surface area contributed by atoms with E-state index in [2.05, 4.69) is 102 Å². The summed E-state index contributed by atoms with van der Waals surface area (Å²) < 4.78 is 0. The largest absolute Gasteiger partial charge is 0.179 e. The van der Waals surface area contributed by atoms with Crippen LogP contribution in [0, 0.1) is 40.7 Å². The van der Waals surface area contributed by atoms with Crippen LogP contribution < -0.4 is 0 Å². The van der Waals surface area contributed by atoms with Crippen LogP contribution in [0.4, 0.5) is 0 Å². The van der Waals surface area contributed by atoms with Crippen LogP contribution in [0.2, 0.25) is 0 Å². The Morgan fingerprint density at radius 3 is 1.96 bits per heavy atom. The van der Waals surface area contributed by atoms with E-state index in [1.54, 1.807) is 0 Å². The zero-order valence-corrected chi connectivity index (χ0v) is 21.6. The topological polar surface area (TPSA) is 0 Å². The third-order valence-electron chi connectivity index (χ3n) is 5.43. The molecule has 3 heteroatoms. The summed E-state index contributed by atoms with van der Waals surface area (Å²) in [5.74, 6) is 0. The summed E-state index contributed by atoms with van der Waals surface area (Å²) in [5, 5.41) is 0. The molecule has 0 radical (unpaired) electrons. The van der Waals surface area contributed by atoms with Crippen molar-refractivity contribution in [3.8, 4) is 11.1 Å². The van der Waals surface area contributed by atoms with Crippen LogP contribution in [0.25, 0.3) is 11.1 Å². The van der Waals surface area contributed by atoms with Crippen LogP contribution in [-0.4, -0.2) is 0 Å². The van der Waals surface area contributed by atoms with E-state index in [1.807, 2.05) is 6.07 Å². The van der Waals surface area contributed by atoms with Gasteiger partial charge in [0.15, 0.2) is 0 Å². The maximum absolute atomic E-state index is 3.30. The Labute approximate surface area is 181 Å². The number of halogens is 2. The van der Waals surface area contributed by atoms with Crippen LogP contribution in [0.15, 0.2) is 42.5 Å². The molecule has 0 saturated heterocycles. The van der Waals surface area contributed by atoms with Gasteiger partial charge in [-0.3, -0.25) is 0 Å². The molecule has 0 fully saturated rings. The van der Waals surface area contributed by atoms with Gasteiger partial charge in [0.1, 0.15) is 0 Å². The number of rotatable bonds is 0. The first kappa shape index (κ1) is 21.9. The number of fused-ring (bicyclic) bond motifs is 3. The molecule has 0 bridgehead atoms. The van der Waals surface area contributed by atoms with Crippen LogP contribution in [-0.2, 0) is 25.0 Å². The van der Waals surface area contributed by atoms with Gasteiger partial charge in [0.2, 0.25) is 0 Å². The van der Waals surface area contributed by atoms with Gasteiger partial charge in [-0.05, 0) is 6.42 Å². The maximum Gasteiger partial charge on any atom is -0.0253 e. The molecule has 0 heterocycles. The summed E-state index contributed by atoms with van der Waals surface area (Å²) in [6.45, 7) is 11.0. The Balaban J connectivity index is 0.000000168. The Bertz CT molecular complexity index is 754. The Hall–Kier alpha value is -0.367. The van der Waals surface area contributed by atoms with E-state index in [1.165, 1.54) is 50.1 Å². The Morgan fingerprint density at radius 1 is 0.885 bits per heavy atom. The number of hydrogen-bond donors (Lipinski definition) is 0. The fraction of sp³-hybridized carbons (Fsp3) is 0.261. The van der Waals surface area contributed by atoms with E-state index < -0.39 is 0 Å². The third kappa shape index (κ3) is 4.91. The smallest absolute Gasteiger partial charge is 0.0253 e. The van der Waals surface area contributed by atoms with Gasteiger partial charge in [-0.25, -0.2) is 0 Å². The molecule has 0 saturated carbocycles. The van der Waals surface area contributed by atoms with Crippen molar-refractivity contribution in [2.75, 3.05) is 0 Å². The van der Waals surface area contributed by atoms with Gasteiger partial charge in [0.05, 0.1) is 0 Å². The van der Waals surface area contributed by atoms with Gasteiger partial charge in [0, 0.05) is 0 Å². The van der Waals surface area contributed by atoms with Crippen LogP contribution in [0.3, 0.4) is 0 Å². The zero-order chi connectivity index (χ0) is 19.3. The molecule has 0 N–H and O–H groups in total. The first-order valence-corrected chi connectivity index (χ1v) is 19.9. The molecule has 0 spiro atoms. The van der Waals surface area contributed by atoms with Gasteiger partial charge in [-0.1, -0.05) is 70.0 Å². The summed E-state index contributed by atoms with van der Waals surface area (Å²) in [4.78, 5) is 0. The first-order chi connectivity index (χ1) is 12.4. The average molecular weight is 551 g/mol. The molecule has 0 nitrogen and oxygen atoms in total. The summed E-state index contributed by atoms with van der Waals surface area (Å²) in [6.07, 6.45) is 1.05. The standard InChI is InChI=1S/C13H9.C10H15.2BrH.Zr/c1-3-7-12-10(5-1)9-11-6-2-4-8-13(11)12;1-6-7(2)9(4)10(5)8(6)3;;;/h1-5,7-8H,9H2;1-5H3;2*1H;/q2*-1;;;+4/p-2. The molecule has 0 atom stereocenters. The predicted octanol–water partition coefficient (Wildman–Crippen LogP) is 7.69. The summed E-state index contributed by atoms with van der Waals surface area (Å²) >= 11 is 6.32. The summed E-state index contributed by atoms with van der Waals surface area (Å²) in [7, 11) is 0. The molecule has 3 aromatic carbocycles. The molecule has 0 amide bonds. The summed E-state index contributed by atoms with van der Waals surface area (Å²) in [5.41, 5.74) is 12.8. The van der Waals surface area contributed by atoms with Crippen molar-refractivity contribution >= 4 is 24.4 Å². The normalized spacial score (nSPS) is 10.6. The van der Waals surface area contributed by atoms with Gasteiger partial charge in [0.25, 0.3) is 0 Å². The van der Waals surface area contributed by atoms with Crippen molar-refractivity contribution in [3.63, 3.8) is 0 Å². The van der Waals surface area contributed by atoms with Crippen molar-refractivity contribution in [2.24, 2.45) is 0 Å². The zero-order valence-electron chi connectivity index (χ0n) is 16.0. The molecule has 0 unspecified atom stereocenters. The molecule has 1 aliphatic rings. The van der Waals surface area contributed by atoms with Gasteiger partial charge < -0.3 is 0 Å². The predicted molar refractivity (Wildman–Crippen MR) is 117 cm³/mol. The molecular weight excluding hydrogens is 527 g/mol. The van der Waals surface area contributed by atoms with Crippen molar-refractivity contribution in [2.45, 2.75) is 41.0 Å². The van der Waals surface area contributed by atoms with Gasteiger partial charge in [-0.15, -0.1) is 5.56 Å². The quantitative estimate of drug-likeness (QED) is 0.197. The van der Waals surface area contributed by atoms with Gasteiger partial charge in [-0.2, -0.15) is 57.6 Å². The molecule has 0 aromatic heterocycles. The van der Waals surface area contributed by atoms with Crippen molar-refractivity contribution in [1.82, 2.24) is 0 Å². The molecule has 1 aliphatic carbocycles. The fourth-order valence-corrected chi connectivity index (χ4v) is 3.40.